The Morgan fingerprint density at radius 3 is 3.00 bits per heavy atom. The summed E-state index contributed by atoms with van der Waals surface area (Å²) in [5.41, 5.74) is 1.14. The Labute approximate surface area is 85.7 Å². The van der Waals surface area contributed by atoms with Gasteiger partial charge in [0.1, 0.15) is 0 Å². The molecule has 80 valence electrons. The normalized spacial score (nSPS) is 13.4. The number of hydrogen-bond acceptors (Lipinski definition) is 3. The fourth-order valence-corrected chi connectivity index (χ4v) is 1.25. The van der Waals surface area contributed by atoms with E-state index in [0.717, 1.165) is 25.3 Å². The molecule has 0 bridgehead atoms. The molecule has 1 atom stereocenters. The summed E-state index contributed by atoms with van der Waals surface area (Å²) in [6, 6.07) is 2.35. The summed E-state index contributed by atoms with van der Waals surface area (Å²) in [6.45, 7) is 7.48. The predicted octanol–water partition coefficient (Wildman–Crippen LogP) is 1.01. The average molecular weight is 196 g/mol. The summed E-state index contributed by atoms with van der Waals surface area (Å²) in [7, 11) is 2.13. The summed E-state index contributed by atoms with van der Waals surface area (Å²) < 4.78 is 0. The molecule has 0 aliphatic rings. The van der Waals surface area contributed by atoms with E-state index in [9.17, 15) is 0 Å². The van der Waals surface area contributed by atoms with Crippen molar-refractivity contribution in [2.75, 3.05) is 26.7 Å². The molecule has 0 amide bonds. The maximum absolute atomic E-state index is 3.93. The highest BCUT2D eigenvalue weighted by atomic mass is 15.1. The third-order valence-electron chi connectivity index (χ3n) is 2.47. The smallest absolute Gasteiger partial charge is 0.0518 e. The van der Waals surface area contributed by atoms with Gasteiger partial charge in [-0.1, -0.05) is 6.92 Å². The number of aromatic nitrogens is 2. The molecule has 0 aliphatic heterocycles. The Morgan fingerprint density at radius 2 is 2.43 bits per heavy atom. The predicted molar refractivity (Wildman–Crippen MR) is 58.2 cm³/mol. The van der Waals surface area contributed by atoms with Gasteiger partial charge in [0, 0.05) is 25.3 Å². The van der Waals surface area contributed by atoms with Gasteiger partial charge < -0.3 is 10.2 Å². The molecule has 4 nitrogen and oxygen atoms in total. The zero-order valence-electron chi connectivity index (χ0n) is 9.25. The molecule has 2 N–H and O–H groups in total. The summed E-state index contributed by atoms with van der Waals surface area (Å²) in [5.74, 6) is 0. The zero-order chi connectivity index (χ0) is 10.4. The molecule has 0 saturated heterocycles. The molecule has 0 radical (unpaired) electrons. The highest BCUT2D eigenvalue weighted by Crippen LogP contribution is 2.06. The average Bonchev–Trinajstić information content (AvgIpc) is 2.70. The highest BCUT2D eigenvalue weighted by molar-refractivity contribution is 5.02. The van der Waals surface area contributed by atoms with Gasteiger partial charge in [-0.3, -0.25) is 5.10 Å². The first-order chi connectivity index (χ1) is 6.74. The van der Waals surface area contributed by atoms with Crippen molar-refractivity contribution in [3.63, 3.8) is 0 Å². The van der Waals surface area contributed by atoms with Crippen LogP contribution in [0, 0.1) is 0 Å². The maximum Gasteiger partial charge on any atom is 0.0518 e. The molecule has 0 fully saturated rings. The van der Waals surface area contributed by atoms with E-state index in [4.69, 9.17) is 0 Å². The van der Waals surface area contributed by atoms with E-state index in [1.807, 2.05) is 6.07 Å². The van der Waals surface area contributed by atoms with Crippen LogP contribution in [0.3, 0.4) is 0 Å². The lowest BCUT2D eigenvalue weighted by atomic mass is 10.2. The molecule has 1 aromatic rings. The van der Waals surface area contributed by atoms with Crippen LogP contribution in [-0.4, -0.2) is 41.8 Å². The fourth-order valence-electron chi connectivity index (χ4n) is 1.25. The van der Waals surface area contributed by atoms with Crippen LogP contribution in [0.25, 0.3) is 0 Å². The SMILES string of the molecule is CCN(C)CCNC(C)c1ccn[nH]1. The molecule has 1 heterocycles. The number of H-pyrrole nitrogens is 1. The van der Waals surface area contributed by atoms with Crippen molar-refractivity contribution < 1.29 is 0 Å². The van der Waals surface area contributed by atoms with Crippen LogP contribution in [0.15, 0.2) is 12.3 Å². The molecule has 4 heteroatoms. The third-order valence-corrected chi connectivity index (χ3v) is 2.47. The van der Waals surface area contributed by atoms with Gasteiger partial charge in [0.15, 0.2) is 0 Å². The van der Waals surface area contributed by atoms with Gasteiger partial charge in [-0.15, -0.1) is 0 Å². The van der Waals surface area contributed by atoms with E-state index in [1.165, 1.54) is 0 Å². The Hall–Kier alpha value is -0.870. The second-order valence-corrected chi connectivity index (χ2v) is 3.58. The van der Waals surface area contributed by atoms with Crippen LogP contribution in [0.2, 0.25) is 0 Å². The third kappa shape index (κ3) is 3.47. The number of aromatic amines is 1. The number of nitrogens with one attached hydrogen (secondary N) is 2. The molecule has 0 spiro atoms. The second kappa shape index (κ2) is 5.78. The van der Waals surface area contributed by atoms with E-state index in [1.54, 1.807) is 6.20 Å². The van der Waals surface area contributed by atoms with E-state index < -0.39 is 0 Å². The topological polar surface area (TPSA) is 44.0 Å². The first-order valence-electron chi connectivity index (χ1n) is 5.15. The van der Waals surface area contributed by atoms with Crippen LogP contribution in [-0.2, 0) is 0 Å². The van der Waals surface area contributed by atoms with Crippen molar-refractivity contribution >= 4 is 0 Å². The van der Waals surface area contributed by atoms with Crippen molar-refractivity contribution in [1.82, 2.24) is 20.4 Å². The van der Waals surface area contributed by atoms with Gasteiger partial charge >= 0.3 is 0 Å². The summed E-state index contributed by atoms with van der Waals surface area (Å²) in [5, 5.41) is 10.3. The monoisotopic (exact) mass is 196 g/mol. The lowest BCUT2D eigenvalue weighted by Gasteiger charge is -2.16. The van der Waals surface area contributed by atoms with Crippen molar-refractivity contribution in [1.29, 1.82) is 0 Å². The van der Waals surface area contributed by atoms with Gasteiger partial charge in [-0.05, 0) is 26.6 Å². The Balaban J connectivity index is 2.19. The van der Waals surface area contributed by atoms with E-state index in [2.05, 4.69) is 41.3 Å². The Bertz CT molecular complexity index is 232. The zero-order valence-corrected chi connectivity index (χ0v) is 9.25. The molecule has 0 aliphatic carbocycles. The minimum absolute atomic E-state index is 0.350. The number of nitrogens with zero attached hydrogens (tertiary/aromatic N) is 2. The molecular weight excluding hydrogens is 176 g/mol. The molecule has 0 aromatic carbocycles. The van der Waals surface area contributed by atoms with Gasteiger partial charge in [-0.25, -0.2) is 0 Å². The minimum atomic E-state index is 0.350. The van der Waals surface area contributed by atoms with E-state index in [0.29, 0.717) is 6.04 Å². The molecule has 1 unspecified atom stereocenters. The van der Waals surface area contributed by atoms with E-state index in [-0.39, 0.29) is 0 Å². The first kappa shape index (κ1) is 11.2. The van der Waals surface area contributed by atoms with Gasteiger partial charge in [-0.2, -0.15) is 5.10 Å². The van der Waals surface area contributed by atoms with Crippen molar-refractivity contribution in [3.8, 4) is 0 Å². The Kier molecular flexibility index (Phi) is 4.62. The highest BCUT2D eigenvalue weighted by Gasteiger charge is 2.04. The molecular formula is C10H20N4. The second-order valence-electron chi connectivity index (χ2n) is 3.58. The van der Waals surface area contributed by atoms with Crippen molar-refractivity contribution in [2.45, 2.75) is 19.9 Å². The van der Waals surface area contributed by atoms with Crippen LogP contribution >= 0.6 is 0 Å². The molecule has 0 saturated carbocycles. The summed E-state index contributed by atoms with van der Waals surface area (Å²) in [6.07, 6.45) is 1.78. The largest absolute Gasteiger partial charge is 0.308 e. The van der Waals surface area contributed by atoms with Crippen LogP contribution in [0.1, 0.15) is 25.6 Å². The van der Waals surface area contributed by atoms with Gasteiger partial charge in [0.25, 0.3) is 0 Å². The Morgan fingerprint density at radius 1 is 1.64 bits per heavy atom. The lowest BCUT2D eigenvalue weighted by molar-refractivity contribution is 0.341. The van der Waals surface area contributed by atoms with E-state index >= 15 is 0 Å². The first-order valence-corrected chi connectivity index (χ1v) is 5.15. The van der Waals surface area contributed by atoms with Crippen LogP contribution in [0.4, 0.5) is 0 Å². The van der Waals surface area contributed by atoms with Crippen LogP contribution < -0.4 is 5.32 Å². The number of likely N-dealkylation sites (N-methyl/N-ethyl adjacent to an activating group) is 1. The van der Waals surface area contributed by atoms with Gasteiger partial charge in [0.2, 0.25) is 0 Å². The minimum Gasteiger partial charge on any atom is -0.308 e. The van der Waals surface area contributed by atoms with Crippen molar-refractivity contribution in [2.24, 2.45) is 0 Å². The fraction of sp³-hybridized carbons (Fsp3) is 0.700. The number of hydrogen-bond donors (Lipinski definition) is 2. The number of rotatable bonds is 6. The van der Waals surface area contributed by atoms with Crippen molar-refractivity contribution in [3.05, 3.63) is 18.0 Å². The maximum atomic E-state index is 3.93. The van der Waals surface area contributed by atoms with Gasteiger partial charge in [0.05, 0.1) is 5.69 Å². The lowest BCUT2D eigenvalue weighted by Crippen LogP contribution is -2.30. The van der Waals surface area contributed by atoms with Crippen LogP contribution in [0.5, 0.6) is 0 Å². The standard InChI is InChI=1S/C10H20N4/c1-4-14(3)8-7-11-9(2)10-5-6-12-13-10/h5-6,9,11H,4,7-8H2,1-3H3,(H,12,13). The molecule has 1 aromatic heterocycles. The molecule has 1 rings (SSSR count). The summed E-state index contributed by atoms with van der Waals surface area (Å²) in [4.78, 5) is 2.28. The quantitative estimate of drug-likeness (QED) is 0.713. The summed E-state index contributed by atoms with van der Waals surface area (Å²) >= 11 is 0. The molecule has 14 heavy (non-hydrogen) atoms.